The lowest BCUT2D eigenvalue weighted by atomic mass is 10.1. The van der Waals surface area contributed by atoms with E-state index in [2.05, 4.69) is 0 Å². The number of Topliss-reactive ketones (excluding diaryl/α,β-unsaturated/α-hetero) is 1. The van der Waals surface area contributed by atoms with Gasteiger partial charge in [0.2, 0.25) is 5.82 Å². The summed E-state index contributed by atoms with van der Waals surface area (Å²) in [5.41, 5.74) is -0.633. The van der Waals surface area contributed by atoms with Crippen LogP contribution in [0.25, 0.3) is 0 Å². The molecule has 0 heterocycles. The quantitative estimate of drug-likeness (QED) is 0.348. The number of carbonyl (C=O) groups excluding carboxylic acids is 1. The third-order valence-corrected chi connectivity index (χ3v) is 3.18. The number of benzene rings is 2. The molecule has 0 fully saturated rings. The Bertz CT molecular complexity index is 712. The minimum Gasteiger partial charge on any atom is -0.489 e. The summed E-state index contributed by atoms with van der Waals surface area (Å²) in [5.74, 6) is -10.1. The van der Waals surface area contributed by atoms with Crippen molar-refractivity contribution in [1.82, 2.24) is 0 Å². The van der Waals surface area contributed by atoms with Crippen LogP contribution < -0.4 is 4.74 Å². The van der Waals surface area contributed by atoms with Crippen molar-refractivity contribution in [2.24, 2.45) is 0 Å². The number of rotatable bonds is 5. The lowest BCUT2D eigenvalue weighted by molar-refractivity contribution is 0.0988. The van der Waals surface area contributed by atoms with E-state index in [-0.39, 0.29) is 11.5 Å². The third kappa shape index (κ3) is 3.33. The highest BCUT2D eigenvalue weighted by molar-refractivity contribution is 5.95. The second-order valence-corrected chi connectivity index (χ2v) is 4.64. The SMILES string of the molecule is CCC(=O)c1ccc(OCc2c(F)c(F)c(F)c(F)c2F)cc1. The summed E-state index contributed by atoms with van der Waals surface area (Å²) in [6.07, 6.45) is 0.310. The molecule has 0 aliphatic rings. The molecule has 2 aromatic carbocycles. The van der Waals surface area contributed by atoms with E-state index in [9.17, 15) is 26.7 Å². The van der Waals surface area contributed by atoms with E-state index in [0.29, 0.717) is 12.0 Å². The van der Waals surface area contributed by atoms with Crippen molar-refractivity contribution in [2.75, 3.05) is 0 Å². The summed E-state index contributed by atoms with van der Waals surface area (Å²) in [5, 5.41) is 0. The molecule has 0 radical (unpaired) electrons. The zero-order chi connectivity index (χ0) is 17.1. The second kappa shape index (κ2) is 6.76. The molecule has 23 heavy (non-hydrogen) atoms. The topological polar surface area (TPSA) is 26.3 Å². The Morgan fingerprint density at radius 3 is 1.83 bits per heavy atom. The lowest BCUT2D eigenvalue weighted by Crippen LogP contribution is -2.10. The first-order chi connectivity index (χ1) is 10.9. The van der Waals surface area contributed by atoms with Crippen molar-refractivity contribution in [3.05, 3.63) is 64.5 Å². The zero-order valence-electron chi connectivity index (χ0n) is 11.9. The standard InChI is InChI=1S/C16H11F5O2/c1-2-11(22)8-3-5-9(6-4-8)23-7-10-12(17)14(19)16(21)15(20)13(10)18/h3-6H,2,7H2,1H3. The van der Waals surface area contributed by atoms with Crippen LogP contribution in [0.15, 0.2) is 24.3 Å². The number of halogens is 5. The van der Waals surface area contributed by atoms with Crippen molar-refractivity contribution in [2.45, 2.75) is 20.0 Å². The molecular formula is C16H11F5O2. The van der Waals surface area contributed by atoms with E-state index < -0.39 is 41.3 Å². The number of ether oxygens (including phenoxy) is 1. The maximum Gasteiger partial charge on any atom is 0.200 e. The fraction of sp³-hybridized carbons (Fsp3) is 0.188. The van der Waals surface area contributed by atoms with Gasteiger partial charge in [-0.05, 0) is 24.3 Å². The maximum absolute atomic E-state index is 13.5. The van der Waals surface area contributed by atoms with Gasteiger partial charge in [0.15, 0.2) is 29.1 Å². The fourth-order valence-corrected chi connectivity index (χ4v) is 1.87. The predicted molar refractivity (Wildman–Crippen MR) is 71.6 cm³/mol. The minimum absolute atomic E-state index is 0.101. The van der Waals surface area contributed by atoms with Crippen LogP contribution in [0.3, 0.4) is 0 Å². The second-order valence-electron chi connectivity index (χ2n) is 4.64. The summed E-state index contributed by atoms with van der Waals surface area (Å²) < 4.78 is 71.0. The van der Waals surface area contributed by atoms with Crippen LogP contribution in [0, 0.1) is 29.1 Å². The molecule has 7 heteroatoms. The summed E-state index contributed by atoms with van der Waals surface area (Å²) in [7, 11) is 0. The van der Waals surface area contributed by atoms with Crippen LogP contribution in [0.4, 0.5) is 22.0 Å². The highest BCUT2D eigenvalue weighted by Crippen LogP contribution is 2.24. The Labute approximate surface area is 128 Å². The number of hydrogen-bond donors (Lipinski definition) is 0. The van der Waals surface area contributed by atoms with Gasteiger partial charge in [0.1, 0.15) is 12.4 Å². The van der Waals surface area contributed by atoms with Gasteiger partial charge < -0.3 is 4.74 Å². The molecule has 0 spiro atoms. The Morgan fingerprint density at radius 2 is 1.35 bits per heavy atom. The van der Waals surface area contributed by atoms with Crippen molar-refractivity contribution in [1.29, 1.82) is 0 Å². The van der Waals surface area contributed by atoms with E-state index in [1.807, 2.05) is 0 Å². The monoisotopic (exact) mass is 330 g/mol. The summed E-state index contributed by atoms with van der Waals surface area (Å²) in [6, 6.07) is 5.63. The van der Waals surface area contributed by atoms with Crippen LogP contribution in [0.1, 0.15) is 29.3 Å². The predicted octanol–water partition coefficient (Wildman–Crippen LogP) is 4.55. The molecule has 0 saturated carbocycles. The van der Waals surface area contributed by atoms with Gasteiger partial charge in [-0.3, -0.25) is 4.79 Å². The van der Waals surface area contributed by atoms with Gasteiger partial charge in [0, 0.05) is 12.0 Å². The first-order valence-electron chi connectivity index (χ1n) is 6.63. The molecule has 122 valence electrons. The smallest absolute Gasteiger partial charge is 0.200 e. The summed E-state index contributed by atoms with van der Waals surface area (Å²) in [4.78, 5) is 11.4. The molecule has 2 rings (SSSR count). The highest BCUT2D eigenvalue weighted by Gasteiger charge is 2.25. The molecule has 2 aromatic rings. The van der Waals surface area contributed by atoms with E-state index in [0.717, 1.165) is 0 Å². The molecule has 2 nitrogen and oxygen atoms in total. The lowest BCUT2D eigenvalue weighted by Gasteiger charge is -2.10. The van der Waals surface area contributed by atoms with E-state index in [1.165, 1.54) is 24.3 Å². The molecule has 0 saturated heterocycles. The van der Waals surface area contributed by atoms with Crippen molar-refractivity contribution >= 4 is 5.78 Å². The van der Waals surface area contributed by atoms with E-state index in [4.69, 9.17) is 4.74 Å². The van der Waals surface area contributed by atoms with Crippen LogP contribution >= 0.6 is 0 Å². The third-order valence-electron chi connectivity index (χ3n) is 3.18. The first kappa shape index (κ1) is 16.9. The van der Waals surface area contributed by atoms with Gasteiger partial charge in [-0.25, -0.2) is 22.0 Å². The van der Waals surface area contributed by atoms with Gasteiger partial charge in [-0.1, -0.05) is 6.92 Å². The average molecular weight is 330 g/mol. The fourth-order valence-electron chi connectivity index (χ4n) is 1.87. The van der Waals surface area contributed by atoms with Crippen LogP contribution in [-0.2, 0) is 6.61 Å². The Balaban J connectivity index is 2.20. The molecule has 0 aromatic heterocycles. The number of carbonyl (C=O) groups is 1. The van der Waals surface area contributed by atoms with E-state index >= 15 is 0 Å². The van der Waals surface area contributed by atoms with E-state index in [1.54, 1.807) is 6.92 Å². The molecule has 0 unspecified atom stereocenters. The van der Waals surface area contributed by atoms with Gasteiger partial charge >= 0.3 is 0 Å². The van der Waals surface area contributed by atoms with Gasteiger partial charge in [-0.2, -0.15) is 0 Å². The molecule has 0 bridgehead atoms. The van der Waals surface area contributed by atoms with Crippen LogP contribution in [0.2, 0.25) is 0 Å². The normalized spacial score (nSPS) is 10.7. The molecule has 0 aliphatic heterocycles. The molecule has 0 aliphatic carbocycles. The Kier molecular flexibility index (Phi) is 4.98. The van der Waals surface area contributed by atoms with Gasteiger partial charge in [-0.15, -0.1) is 0 Å². The molecule has 0 amide bonds. The summed E-state index contributed by atoms with van der Waals surface area (Å²) in [6.45, 7) is 0.850. The Morgan fingerprint density at radius 1 is 0.870 bits per heavy atom. The first-order valence-corrected chi connectivity index (χ1v) is 6.63. The van der Waals surface area contributed by atoms with Crippen molar-refractivity contribution in [3.63, 3.8) is 0 Å². The Hall–Kier alpha value is -2.44. The molecule has 0 N–H and O–H groups in total. The minimum atomic E-state index is -2.22. The summed E-state index contributed by atoms with van der Waals surface area (Å²) >= 11 is 0. The number of hydrogen-bond acceptors (Lipinski definition) is 2. The maximum atomic E-state index is 13.5. The molecule has 0 atom stereocenters. The van der Waals surface area contributed by atoms with Crippen molar-refractivity contribution in [3.8, 4) is 5.75 Å². The van der Waals surface area contributed by atoms with Gasteiger partial charge in [0.25, 0.3) is 0 Å². The van der Waals surface area contributed by atoms with Crippen LogP contribution in [0.5, 0.6) is 5.75 Å². The zero-order valence-corrected chi connectivity index (χ0v) is 11.9. The highest BCUT2D eigenvalue weighted by atomic mass is 19.2. The number of ketones is 1. The molecular weight excluding hydrogens is 319 g/mol. The van der Waals surface area contributed by atoms with Gasteiger partial charge in [0.05, 0.1) is 5.56 Å². The average Bonchev–Trinajstić information content (AvgIpc) is 2.58. The largest absolute Gasteiger partial charge is 0.489 e. The van der Waals surface area contributed by atoms with Crippen LogP contribution in [-0.4, -0.2) is 5.78 Å². The van der Waals surface area contributed by atoms with Crippen molar-refractivity contribution < 1.29 is 31.5 Å².